The van der Waals surface area contributed by atoms with E-state index in [-0.39, 0.29) is 0 Å². The van der Waals surface area contributed by atoms with E-state index in [1.165, 1.54) is 0 Å². The lowest BCUT2D eigenvalue weighted by atomic mass is 10.2. The van der Waals surface area contributed by atoms with E-state index >= 15 is 0 Å². The molecule has 6 nitrogen and oxygen atoms in total. The maximum absolute atomic E-state index is 5.71. The average molecular weight is 272 g/mol. The predicted octanol–water partition coefficient (Wildman–Crippen LogP) is 1.14. The van der Waals surface area contributed by atoms with Crippen molar-refractivity contribution in [2.45, 2.75) is 19.9 Å². The van der Waals surface area contributed by atoms with Crippen molar-refractivity contribution in [1.29, 1.82) is 0 Å². The molecule has 0 aliphatic carbocycles. The Bertz CT molecular complexity index is 604. The average Bonchev–Trinajstić information content (AvgIpc) is 2.46. The van der Waals surface area contributed by atoms with Gasteiger partial charge in [0, 0.05) is 32.2 Å². The fraction of sp³-hybridized carbons (Fsp3) is 0.500. The lowest BCUT2D eigenvalue weighted by Gasteiger charge is -2.37. The highest BCUT2D eigenvalue weighted by Crippen LogP contribution is 2.23. The Balaban J connectivity index is 1.88. The molecule has 106 valence electrons. The van der Waals surface area contributed by atoms with E-state index in [0.29, 0.717) is 17.5 Å². The maximum atomic E-state index is 5.71. The van der Waals surface area contributed by atoms with Gasteiger partial charge in [-0.25, -0.2) is 15.0 Å². The molecule has 20 heavy (non-hydrogen) atoms. The Kier molecular flexibility index (Phi) is 3.40. The van der Waals surface area contributed by atoms with Crippen LogP contribution in [-0.4, -0.2) is 52.1 Å². The van der Waals surface area contributed by atoms with Gasteiger partial charge in [-0.3, -0.25) is 4.90 Å². The summed E-state index contributed by atoms with van der Waals surface area (Å²) >= 11 is 0. The number of pyridine rings is 1. The normalized spacial score (nSPS) is 17.1. The molecule has 1 fully saturated rings. The van der Waals surface area contributed by atoms with Crippen LogP contribution in [0.2, 0.25) is 0 Å². The minimum atomic E-state index is 0.492. The van der Waals surface area contributed by atoms with Crippen molar-refractivity contribution < 1.29 is 0 Å². The Morgan fingerprint density at radius 2 is 1.85 bits per heavy atom. The first-order valence-electron chi connectivity index (χ1n) is 7.01. The summed E-state index contributed by atoms with van der Waals surface area (Å²) in [5.74, 6) is 1.46. The zero-order valence-corrected chi connectivity index (χ0v) is 12.0. The zero-order chi connectivity index (χ0) is 14.1. The van der Waals surface area contributed by atoms with Gasteiger partial charge in [-0.1, -0.05) is 0 Å². The Hall–Kier alpha value is -1.95. The lowest BCUT2D eigenvalue weighted by Crippen LogP contribution is -2.49. The molecule has 0 aromatic carbocycles. The Morgan fingerprint density at radius 1 is 1.10 bits per heavy atom. The van der Waals surface area contributed by atoms with Gasteiger partial charge in [0.1, 0.15) is 18.0 Å². The summed E-state index contributed by atoms with van der Waals surface area (Å²) in [6.07, 6.45) is 1.57. The SMILES string of the molecule is CC(C)N1CCN(c2ncnc3nc(N)ccc23)CC1. The second kappa shape index (κ2) is 5.20. The summed E-state index contributed by atoms with van der Waals surface area (Å²) in [6.45, 7) is 8.56. The van der Waals surface area contributed by atoms with Crippen LogP contribution in [0.1, 0.15) is 13.8 Å². The highest BCUT2D eigenvalue weighted by Gasteiger charge is 2.21. The fourth-order valence-corrected chi connectivity index (χ4v) is 2.65. The molecule has 0 radical (unpaired) electrons. The molecule has 0 spiro atoms. The van der Waals surface area contributed by atoms with Gasteiger partial charge < -0.3 is 10.6 Å². The van der Waals surface area contributed by atoms with Gasteiger partial charge in [0.2, 0.25) is 0 Å². The predicted molar refractivity (Wildman–Crippen MR) is 80.7 cm³/mol. The minimum absolute atomic E-state index is 0.492. The largest absolute Gasteiger partial charge is 0.384 e. The Labute approximate surface area is 118 Å². The lowest BCUT2D eigenvalue weighted by molar-refractivity contribution is 0.209. The number of nitrogens with zero attached hydrogens (tertiary/aromatic N) is 5. The maximum Gasteiger partial charge on any atom is 0.166 e. The van der Waals surface area contributed by atoms with E-state index in [0.717, 1.165) is 37.4 Å². The second-order valence-electron chi connectivity index (χ2n) is 5.42. The standard InChI is InChI=1S/C14H20N6/c1-10(2)19-5-7-20(8-6-19)14-11-3-4-12(15)18-13(11)16-9-17-14/h3-4,9-10H,5-8H2,1-2H3,(H2,15,16,17,18). The summed E-state index contributed by atoms with van der Waals surface area (Å²) in [6, 6.07) is 4.36. The summed E-state index contributed by atoms with van der Waals surface area (Å²) in [7, 11) is 0. The van der Waals surface area contributed by atoms with Crippen molar-refractivity contribution in [3.05, 3.63) is 18.5 Å². The molecule has 2 aromatic heterocycles. The van der Waals surface area contributed by atoms with Crippen molar-refractivity contribution in [3.63, 3.8) is 0 Å². The molecule has 0 atom stereocenters. The van der Waals surface area contributed by atoms with E-state index in [1.54, 1.807) is 12.4 Å². The molecule has 0 saturated carbocycles. The molecular weight excluding hydrogens is 252 g/mol. The van der Waals surface area contributed by atoms with E-state index in [2.05, 4.69) is 38.6 Å². The smallest absolute Gasteiger partial charge is 0.166 e. The topological polar surface area (TPSA) is 71.2 Å². The second-order valence-corrected chi connectivity index (χ2v) is 5.42. The molecule has 0 bridgehead atoms. The number of hydrogen-bond acceptors (Lipinski definition) is 6. The molecule has 2 aromatic rings. The van der Waals surface area contributed by atoms with Gasteiger partial charge in [0.15, 0.2) is 5.65 Å². The van der Waals surface area contributed by atoms with Gasteiger partial charge >= 0.3 is 0 Å². The molecule has 1 aliphatic heterocycles. The third-order valence-corrected chi connectivity index (χ3v) is 3.84. The highest BCUT2D eigenvalue weighted by molar-refractivity contribution is 5.87. The van der Waals surface area contributed by atoms with Gasteiger partial charge in [0.25, 0.3) is 0 Å². The molecule has 3 rings (SSSR count). The molecular formula is C14H20N6. The number of hydrogen-bond donors (Lipinski definition) is 1. The van der Waals surface area contributed by atoms with Gasteiger partial charge in [-0.05, 0) is 26.0 Å². The molecule has 1 saturated heterocycles. The first-order chi connectivity index (χ1) is 9.65. The van der Waals surface area contributed by atoms with Crippen LogP contribution in [-0.2, 0) is 0 Å². The van der Waals surface area contributed by atoms with E-state index in [1.807, 2.05) is 6.07 Å². The molecule has 2 N–H and O–H groups in total. The van der Waals surface area contributed by atoms with Crippen LogP contribution in [0.4, 0.5) is 11.6 Å². The fourth-order valence-electron chi connectivity index (χ4n) is 2.65. The van der Waals surface area contributed by atoms with E-state index < -0.39 is 0 Å². The van der Waals surface area contributed by atoms with Crippen LogP contribution < -0.4 is 10.6 Å². The van der Waals surface area contributed by atoms with Crippen LogP contribution in [0.25, 0.3) is 11.0 Å². The van der Waals surface area contributed by atoms with Crippen LogP contribution in [0.15, 0.2) is 18.5 Å². The highest BCUT2D eigenvalue weighted by atomic mass is 15.3. The summed E-state index contributed by atoms with van der Waals surface area (Å²) in [5, 5.41) is 0.972. The van der Waals surface area contributed by atoms with E-state index in [9.17, 15) is 0 Å². The number of nitrogen functional groups attached to an aromatic ring is 1. The molecule has 0 amide bonds. The Morgan fingerprint density at radius 3 is 2.55 bits per heavy atom. The number of nitrogens with two attached hydrogens (primary N) is 1. The third-order valence-electron chi connectivity index (χ3n) is 3.84. The van der Waals surface area contributed by atoms with Gasteiger partial charge in [-0.15, -0.1) is 0 Å². The van der Waals surface area contributed by atoms with Crippen LogP contribution >= 0.6 is 0 Å². The molecule has 6 heteroatoms. The van der Waals surface area contributed by atoms with Crippen LogP contribution in [0.3, 0.4) is 0 Å². The number of rotatable bonds is 2. The number of anilines is 2. The van der Waals surface area contributed by atoms with E-state index in [4.69, 9.17) is 5.73 Å². The van der Waals surface area contributed by atoms with Crippen molar-refractivity contribution >= 4 is 22.7 Å². The van der Waals surface area contributed by atoms with Crippen LogP contribution in [0.5, 0.6) is 0 Å². The number of fused-ring (bicyclic) bond motifs is 1. The quantitative estimate of drug-likeness (QED) is 0.884. The number of aromatic nitrogens is 3. The van der Waals surface area contributed by atoms with Gasteiger partial charge in [-0.2, -0.15) is 0 Å². The summed E-state index contributed by atoms with van der Waals surface area (Å²) in [5.41, 5.74) is 6.38. The third kappa shape index (κ3) is 2.38. The minimum Gasteiger partial charge on any atom is -0.384 e. The van der Waals surface area contributed by atoms with Crippen molar-refractivity contribution in [2.75, 3.05) is 36.8 Å². The van der Waals surface area contributed by atoms with Crippen LogP contribution in [0, 0.1) is 0 Å². The number of piperazine rings is 1. The molecule has 3 heterocycles. The molecule has 0 unspecified atom stereocenters. The van der Waals surface area contributed by atoms with Gasteiger partial charge in [0.05, 0.1) is 5.39 Å². The molecule has 1 aliphatic rings. The van der Waals surface area contributed by atoms with Crippen molar-refractivity contribution in [2.24, 2.45) is 0 Å². The van der Waals surface area contributed by atoms with Crippen molar-refractivity contribution in [3.8, 4) is 0 Å². The summed E-state index contributed by atoms with van der Waals surface area (Å²) in [4.78, 5) is 17.7. The van der Waals surface area contributed by atoms with Crippen molar-refractivity contribution in [1.82, 2.24) is 19.9 Å². The first-order valence-corrected chi connectivity index (χ1v) is 7.01. The summed E-state index contributed by atoms with van der Waals surface area (Å²) < 4.78 is 0. The monoisotopic (exact) mass is 272 g/mol. The first kappa shape index (κ1) is 13.1. The zero-order valence-electron chi connectivity index (χ0n) is 12.0.